The molecule has 1 N–H and O–H groups in total. The molecule has 26 heavy (non-hydrogen) atoms. The number of imide groups is 1. The third kappa shape index (κ3) is 2.97. The molecule has 0 radical (unpaired) electrons. The van der Waals surface area contributed by atoms with Crippen molar-refractivity contribution < 1.29 is 19.3 Å². The van der Waals surface area contributed by atoms with Crippen molar-refractivity contribution in [2.45, 2.75) is 13.0 Å². The molecule has 2 aromatic rings. The van der Waals surface area contributed by atoms with E-state index in [4.69, 9.17) is 0 Å². The number of anilines is 1. The number of carbonyl (C=O) groups is 3. The number of nitro groups is 1. The molecule has 0 aromatic heterocycles. The largest absolute Gasteiger partial charge is 0.323 e. The van der Waals surface area contributed by atoms with Gasteiger partial charge in [-0.25, -0.2) is 0 Å². The summed E-state index contributed by atoms with van der Waals surface area (Å²) in [7, 11) is 0. The Morgan fingerprint density at radius 2 is 1.73 bits per heavy atom. The molecule has 0 bridgehead atoms. The minimum absolute atomic E-state index is 0.174. The maximum atomic E-state index is 12.5. The quantitative estimate of drug-likeness (QED) is 0.467. The first-order valence-corrected chi connectivity index (χ1v) is 8.32. The summed E-state index contributed by atoms with van der Waals surface area (Å²) in [6.45, 7) is 1.42. The van der Waals surface area contributed by atoms with Gasteiger partial charge in [-0.15, -0.1) is 0 Å². The summed E-state index contributed by atoms with van der Waals surface area (Å²) in [6.07, 6.45) is 0. The van der Waals surface area contributed by atoms with Gasteiger partial charge in [0.2, 0.25) is 5.91 Å². The van der Waals surface area contributed by atoms with E-state index in [1.807, 2.05) is 0 Å². The number of halogens is 1. The van der Waals surface area contributed by atoms with E-state index in [1.54, 1.807) is 12.1 Å². The second kappa shape index (κ2) is 6.68. The highest BCUT2D eigenvalue weighted by Gasteiger charge is 2.40. The lowest BCUT2D eigenvalue weighted by molar-refractivity contribution is -0.384. The number of benzene rings is 2. The summed E-state index contributed by atoms with van der Waals surface area (Å²) in [5, 5.41) is 13.4. The third-order valence-electron chi connectivity index (χ3n) is 4.01. The average Bonchev–Trinajstić information content (AvgIpc) is 2.87. The first-order chi connectivity index (χ1) is 12.3. The number of rotatable bonds is 4. The number of hydrogen-bond donors (Lipinski definition) is 1. The number of nitrogens with zero attached hydrogens (tertiary/aromatic N) is 2. The molecule has 1 aliphatic heterocycles. The molecule has 1 atom stereocenters. The number of carbonyl (C=O) groups excluding carboxylic acids is 3. The predicted octanol–water partition coefficient (Wildman–Crippen LogP) is 2.98. The maximum Gasteiger partial charge on any atom is 0.271 e. The Labute approximate surface area is 156 Å². The Morgan fingerprint density at radius 1 is 1.15 bits per heavy atom. The van der Waals surface area contributed by atoms with Crippen molar-refractivity contribution in [3.05, 3.63) is 68.2 Å². The highest BCUT2D eigenvalue weighted by atomic mass is 79.9. The fraction of sp³-hybridized carbons (Fsp3) is 0.118. The lowest BCUT2D eigenvalue weighted by Crippen LogP contribution is -2.45. The van der Waals surface area contributed by atoms with Crippen LogP contribution in [0.3, 0.4) is 0 Å². The van der Waals surface area contributed by atoms with Gasteiger partial charge in [-0.1, -0.05) is 12.1 Å². The van der Waals surface area contributed by atoms with Gasteiger partial charge in [0.15, 0.2) is 0 Å². The summed E-state index contributed by atoms with van der Waals surface area (Å²) in [5.74, 6) is -1.74. The van der Waals surface area contributed by atoms with Crippen molar-refractivity contribution in [2.24, 2.45) is 0 Å². The zero-order valence-electron chi connectivity index (χ0n) is 13.4. The van der Waals surface area contributed by atoms with Gasteiger partial charge in [-0.3, -0.25) is 29.4 Å². The molecule has 3 rings (SSSR count). The van der Waals surface area contributed by atoms with Crippen LogP contribution in [0.15, 0.2) is 46.9 Å². The van der Waals surface area contributed by atoms with Gasteiger partial charge >= 0.3 is 0 Å². The maximum absolute atomic E-state index is 12.5. The average molecular weight is 418 g/mol. The number of fused-ring (bicyclic) bond motifs is 1. The van der Waals surface area contributed by atoms with E-state index >= 15 is 0 Å². The van der Waals surface area contributed by atoms with Crippen LogP contribution < -0.4 is 5.32 Å². The van der Waals surface area contributed by atoms with Gasteiger partial charge in [0.1, 0.15) is 6.04 Å². The lowest BCUT2D eigenvalue weighted by atomic mass is 10.1. The minimum Gasteiger partial charge on any atom is -0.323 e. The molecule has 2 aromatic carbocycles. The normalized spacial score (nSPS) is 14.2. The molecule has 0 saturated carbocycles. The number of nitro benzene ring substituents is 1. The number of non-ortho nitro benzene ring substituents is 1. The molecule has 1 heterocycles. The van der Waals surface area contributed by atoms with Crippen LogP contribution in [0.1, 0.15) is 27.6 Å². The first kappa shape index (κ1) is 17.7. The van der Waals surface area contributed by atoms with E-state index in [2.05, 4.69) is 21.2 Å². The zero-order valence-corrected chi connectivity index (χ0v) is 15.0. The van der Waals surface area contributed by atoms with Crippen LogP contribution in [0.25, 0.3) is 0 Å². The molecule has 0 saturated heterocycles. The topological polar surface area (TPSA) is 110 Å². The number of nitrogens with one attached hydrogen (secondary N) is 1. The molecule has 3 amide bonds. The first-order valence-electron chi connectivity index (χ1n) is 7.53. The highest BCUT2D eigenvalue weighted by molar-refractivity contribution is 9.10. The van der Waals surface area contributed by atoms with Gasteiger partial charge in [0.25, 0.3) is 17.5 Å². The van der Waals surface area contributed by atoms with Crippen LogP contribution >= 0.6 is 15.9 Å². The van der Waals surface area contributed by atoms with Crippen LogP contribution in [-0.4, -0.2) is 33.6 Å². The smallest absolute Gasteiger partial charge is 0.271 e. The highest BCUT2D eigenvalue weighted by Crippen LogP contribution is 2.29. The van der Waals surface area contributed by atoms with Crippen molar-refractivity contribution in [1.82, 2.24) is 4.90 Å². The van der Waals surface area contributed by atoms with Crippen molar-refractivity contribution in [3.8, 4) is 0 Å². The van der Waals surface area contributed by atoms with Crippen molar-refractivity contribution in [2.75, 3.05) is 5.32 Å². The molecule has 0 aliphatic carbocycles. The van der Waals surface area contributed by atoms with Crippen LogP contribution in [0.4, 0.5) is 11.4 Å². The van der Waals surface area contributed by atoms with Gasteiger partial charge in [-0.05, 0) is 41.1 Å². The Balaban J connectivity index is 1.84. The molecule has 0 spiro atoms. The van der Waals surface area contributed by atoms with Gasteiger partial charge in [0, 0.05) is 16.6 Å². The Bertz CT molecular complexity index is 924. The van der Waals surface area contributed by atoms with Crippen molar-refractivity contribution in [1.29, 1.82) is 0 Å². The Kier molecular flexibility index (Phi) is 4.56. The molecule has 0 fully saturated rings. The molecule has 9 heteroatoms. The standard InChI is InChI=1S/C17H12BrN3O5/c1-9(20-16(23)11-4-2-3-5-12(11)17(20)24)15(22)19-14-8-10(21(25)26)6-7-13(14)18/h2-9H,1H3,(H,19,22). The van der Waals surface area contributed by atoms with Crippen LogP contribution in [0.2, 0.25) is 0 Å². The van der Waals surface area contributed by atoms with Gasteiger partial charge in [-0.2, -0.15) is 0 Å². The van der Waals surface area contributed by atoms with E-state index in [0.29, 0.717) is 4.47 Å². The summed E-state index contributed by atoms with van der Waals surface area (Å²) in [4.78, 5) is 48.6. The SMILES string of the molecule is CC(C(=O)Nc1cc([N+](=O)[O-])ccc1Br)N1C(=O)c2ccccc2C1=O. The number of hydrogen-bond acceptors (Lipinski definition) is 5. The molecular weight excluding hydrogens is 406 g/mol. The molecular formula is C17H12BrN3O5. The number of amides is 3. The summed E-state index contributed by atoms with van der Waals surface area (Å²) in [6, 6.07) is 9.14. The fourth-order valence-corrected chi connectivity index (χ4v) is 2.98. The Hall–Kier alpha value is -3.07. The zero-order chi connectivity index (χ0) is 19.0. The van der Waals surface area contributed by atoms with Crippen LogP contribution in [0.5, 0.6) is 0 Å². The second-order valence-electron chi connectivity index (χ2n) is 5.61. The molecule has 132 valence electrons. The molecule has 1 unspecified atom stereocenters. The summed E-state index contributed by atoms with van der Waals surface area (Å²) in [5.41, 5.74) is 0.465. The van der Waals surface area contributed by atoms with E-state index in [9.17, 15) is 24.5 Å². The van der Waals surface area contributed by atoms with E-state index in [-0.39, 0.29) is 22.5 Å². The third-order valence-corrected chi connectivity index (χ3v) is 4.70. The summed E-state index contributed by atoms with van der Waals surface area (Å²) < 4.78 is 0.436. The van der Waals surface area contributed by atoms with E-state index in [1.165, 1.54) is 37.3 Å². The van der Waals surface area contributed by atoms with E-state index < -0.39 is 28.7 Å². The molecule has 1 aliphatic rings. The minimum atomic E-state index is -1.09. The predicted molar refractivity (Wildman–Crippen MR) is 95.8 cm³/mol. The summed E-state index contributed by atoms with van der Waals surface area (Å²) >= 11 is 3.20. The van der Waals surface area contributed by atoms with Crippen LogP contribution in [0, 0.1) is 10.1 Å². The van der Waals surface area contributed by atoms with E-state index in [0.717, 1.165) is 4.90 Å². The lowest BCUT2D eigenvalue weighted by Gasteiger charge is -2.22. The molecule has 8 nitrogen and oxygen atoms in total. The van der Waals surface area contributed by atoms with Crippen molar-refractivity contribution in [3.63, 3.8) is 0 Å². The van der Waals surface area contributed by atoms with Gasteiger partial charge < -0.3 is 5.32 Å². The van der Waals surface area contributed by atoms with Crippen molar-refractivity contribution >= 4 is 45.0 Å². The second-order valence-corrected chi connectivity index (χ2v) is 6.47. The van der Waals surface area contributed by atoms with Crippen LogP contribution in [-0.2, 0) is 4.79 Å². The van der Waals surface area contributed by atoms with Gasteiger partial charge in [0.05, 0.1) is 21.7 Å². The monoisotopic (exact) mass is 417 g/mol. The fourth-order valence-electron chi connectivity index (χ4n) is 2.64. The Morgan fingerprint density at radius 3 is 2.27 bits per heavy atom.